The second-order valence-electron chi connectivity index (χ2n) is 11.1. The van der Waals surface area contributed by atoms with Crippen molar-refractivity contribution in [3.8, 4) is 56.8 Å². The van der Waals surface area contributed by atoms with E-state index in [0.717, 1.165) is 29.3 Å². The molecule has 15 nitrogen and oxygen atoms in total. The van der Waals surface area contributed by atoms with Gasteiger partial charge in [0.05, 0.1) is 50.5 Å². The van der Waals surface area contributed by atoms with Crippen LogP contribution in [0.4, 0.5) is 5.69 Å². The Morgan fingerprint density at radius 2 is 1.20 bits per heavy atom. The number of hydrogen-bond acceptors (Lipinski definition) is 14. The minimum atomic E-state index is -4.21. The quantitative estimate of drug-likeness (QED) is 0.157. The normalized spacial score (nSPS) is 12.1. The molecule has 0 aliphatic rings. The molecule has 0 radical (unpaired) electrons. The molecule has 0 amide bonds. The summed E-state index contributed by atoms with van der Waals surface area (Å²) in [6, 6.07) is 18.0. The molecule has 4 aromatic carbocycles. The molecule has 0 N–H and O–H groups in total. The molecule has 19 heteroatoms. The highest BCUT2D eigenvalue weighted by Crippen LogP contribution is 2.52. The first-order valence-electron chi connectivity index (χ1n) is 14.5. The van der Waals surface area contributed by atoms with Crippen molar-refractivity contribution >= 4 is 46.1 Å². The average molecular weight is 786 g/mol. The zero-order valence-electron chi connectivity index (χ0n) is 28.4. The van der Waals surface area contributed by atoms with Gasteiger partial charge in [-0.3, -0.25) is 4.31 Å². The van der Waals surface area contributed by atoms with Gasteiger partial charge in [0.2, 0.25) is 10.0 Å². The highest BCUT2D eigenvalue weighted by atomic mass is 32.2. The van der Waals surface area contributed by atoms with E-state index in [2.05, 4.69) is 0 Å². The maximum atomic E-state index is 12.6. The summed E-state index contributed by atoms with van der Waals surface area (Å²) in [4.78, 5) is 0. The maximum absolute atomic E-state index is 12.6. The van der Waals surface area contributed by atoms with Gasteiger partial charge in [-0.15, -0.1) is 0 Å². The molecule has 276 valence electrons. The summed E-state index contributed by atoms with van der Waals surface area (Å²) < 4.78 is 131. The van der Waals surface area contributed by atoms with Gasteiger partial charge in [0.1, 0.15) is 18.1 Å². The highest BCUT2D eigenvalue weighted by molar-refractivity contribution is 7.92. The van der Waals surface area contributed by atoms with Crippen molar-refractivity contribution in [2.24, 2.45) is 0 Å². The minimum absolute atomic E-state index is 0.0180. The molecular weight excluding hydrogens is 751 g/mol. The van der Waals surface area contributed by atoms with E-state index in [9.17, 15) is 33.7 Å². The summed E-state index contributed by atoms with van der Waals surface area (Å²) >= 11 is 0. The number of rotatable bonds is 15. The smallest absolute Gasteiger partial charge is 0.306 e. The van der Waals surface area contributed by atoms with E-state index in [1.807, 2.05) is 0 Å². The van der Waals surface area contributed by atoms with Crippen molar-refractivity contribution in [3.63, 3.8) is 0 Å². The molecule has 0 saturated carbocycles. The number of hydrogen-bond donors (Lipinski definition) is 0. The molecule has 0 aliphatic heterocycles. The van der Waals surface area contributed by atoms with Gasteiger partial charge in [-0.05, 0) is 59.2 Å². The van der Waals surface area contributed by atoms with Crippen LogP contribution in [0.1, 0.15) is 5.56 Å². The molecule has 0 spiro atoms. The van der Waals surface area contributed by atoms with Gasteiger partial charge in [-0.25, -0.2) is 8.42 Å². The lowest BCUT2D eigenvalue weighted by molar-refractivity contribution is 0.296. The topological polar surface area (TPSA) is 195 Å². The predicted octanol–water partition coefficient (Wildman–Crippen LogP) is 4.03. The summed E-state index contributed by atoms with van der Waals surface area (Å²) in [6.07, 6.45) is 3.61. The van der Waals surface area contributed by atoms with E-state index in [-0.39, 0.29) is 52.2 Å². The Kier molecular flexibility index (Phi) is 11.4. The Bertz CT molecular complexity index is 2380. The van der Waals surface area contributed by atoms with Crippen LogP contribution in [0, 0.1) is 0 Å². The monoisotopic (exact) mass is 785 g/mol. The first-order valence-corrected chi connectivity index (χ1v) is 21.8. The lowest BCUT2D eigenvalue weighted by Crippen LogP contribution is -2.24. The fraction of sp³-hybridized carbons (Fsp3) is 0.250. The predicted molar refractivity (Wildman–Crippen MR) is 191 cm³/mol. The van der Waals surface area contributed by atoms with Crippen LogP contribution < -0.4 is 31.1 Å². The SMILES string of the molecule is COc1cc(-c2ccc(OS(C)(=O)=O)cc2)c(OC)c(OS(C)(=O)=O)c1-c1ccc(OCc2cccc(N(C)S(C)(=O)=O)c2)c(OS(C)(=O)=O)c1. The van der Waals surface area contributed by atoms with Gasteiger partial charge in [0.15, 0.2) is 23.0 Å². The van der Waals surface area contributed by atoms with E-state index >= 15 is 0 Å². The zero-order chi connectivity index (χ0) is 37.9. The molecule has 0 fully saturated rings. The number of benzene rings is 4. The molecular formula is C32H35NO14S4. The standard InChI is InChI=1S/C32H35NO14S4/c1-33(48(4,34)35)24-10-8-9-21(17-24)20-44-27-16-13-23(18-28(27)46-50(6,38)39)30-29(42-2)19-26(31(43-3)32(30)47-51(7,40)41)22-11-14-25(15-12-22)45-49(5,36)37/h8-19H,20H2,1-7H3. The fourth-order valence-electron chi connectivity index (χ4n) is 4.77. The van der Waals surface area contributed by atoms with Crippen LogP contribution in [0.25, 0.3) is 22.3 Å². The van der Waals surface area contributed by atoms with Gasteiger partial charge >= 0.3 is 30.4 Å². The zero-order valence-corrected chi connectivity index (χ0v) is 31.7. The second kappa shape index (κ2) is 14.9. The number of sulfonamides is 1. The number of methoxy groups -OCH3 is 2. The molecule has 51 heavy (non-hydrogen) atoms. The minimum Gasteiger partial charge on any atom is -0.496 e. The van der Waals surface area contributed by atoms with Crippen LogP contribution in [0.3, 0.4) is 0 Å². The Morgan fingerprint density at radius 1 is 0.588 bits per heavy atom. The summed E-state index contributed by atoms with van der Waals surface area (Å²) in [5.74, 6) is -0.543. The molecule has 0 atom stereocenters. The van der Waals surface area contributed by atoms with E-state index < -0.39 is 40.4 Å². The maximum Gasteiger partial charge on any atom is 0.306 e. The molecule has 0 unspecified atom stereocenters. The van der Waals surface area contributed by atoms with E-state index in [0.29, 0.717) is 22.4 Å². The van der Waals surface area contributed by atoms with Gasteiger partial charge in [0, 0.05) is 12.6 Å². The molecule has 4 rings (SSSR count). The molecule has 0 aromatic heterocycles. The van der Waals surface area contributed by atoms with Gasteiger partial charge < -0.3 is 26.8 Å². The summed E-state index contributed by atoms with van der Waals surface area (Å²) in [7, 11) is -11.7. The fourth-order valence-corrected chi connectivity index (χ4v) is 6.64. The van der Waals surface area contributed by atoms with Crippen molar-refractivity contribution in [3.05, 3.63) is 78.4 Å². The summed E-state index contributed by atoms with van der Waals surface area (Å²) in [5.41, 5.74) is 1.88. The first kappa shape index (κ1) is 39.1. The summed E-state index contributed by atoms with van der Waals surface area (Å²) in [5, 5.41) is 0. The van der Waals surface area contributed by atoms with Crippen LogP contribution >= 0.6 is 0 Å². The second-order valence-corrected chi connectivity index (χ2v) is 17.8. The lowest BCUT2D eigenvalue weighted by Gasteiger charge is -2.21. The Hall–Kier alpha value is -4.72. The third-order valence-corrected chi connectivity index (χ3v) is 9.56. The lowest BCUT2D eigenvalue weighted by atomic mass is 9.96. The van der Waals surface area contributed by atoms with E-state index in [1.165, 1.54) is 69.8 Å². The number of ether oxygens (including phenoxy) is 3. The van der Waals surface area contributed by atoms with Crippen LogP contribution in [0.5, 0.6) is 34.5 Å². The van der Waals surface area contributed by atoms with Crippen LogP contribution in [-0.2, 0) is 47.0 Å². The molecule has 0 saturated heterocycles. The Balaban J connectivity index is 1.86. The highest BCUT2D eigenvalue weighted by Gasteiger charge is 2.27. The number of anilines is 1. The van der Waals surface area contributed by atoms with Crippen molar-refractivity contribution in [2.75, 3.05) is 50.6 Å². The van der Waals surface area contributed by atoms with Gasteiger partial charge in [-0.1, -0.05) is 30.3 Å². The van der Waals surface area contributed by atoms with Crippen molar-refractivity contribution in [1.29, 1.82) is 0 Å². The Morgan fingerprint density at radius 3 is 1.75 bits per heavy atom. The van der Waals surface area contributed by atoms with Crippen molar-refractivity contribution in [1.82, 2.24) is 0 Å². The Labute approximate surface area is 297 Å². The van der Waals surface area contributed by atoms with Crippen LogP contribution in [0.2, 0.25) is 0 Å². The van der Waals surface area contributed by atoms with Gasteiger partial charge in [0.25, 0.3) is 0 Å². The molecule has 4 aromatic rings. The molecule has 0 aliphatic carbocycles. The first-order chi connectivity index (χ1) is 23.6. The van der Waals surface area contributed by atoms with Crippen molar-refractivity contribution in [2.45, 2.75) is 6.61 Å². The molecule has 0 bridgehead atoms. The summed E-state index contributed by atoms with van der Waals surface area (Å²) in [6.45, 7) is -0.118. The van der Waals surface area contributed by atoms with E-state index in [4.69, 9.17) is 26.8 Å². The van der Waals surface area contributed by atoms with Gasteiger partial charge in [-0.2, -0.15) is 25.3 Å². The van der Waals surface area contributed by atoms with Crippen molar-refractivity contribution < 1.29 is 60.4 Å². The number of nitrogens with zero attached hydrogens (tertiary/aromatic N) is 1. The third kappa shape index (κ3) is 10.4. The van der Waals surface area contributed by atoms with E-state index in [1.54, 1.807) is 24.3 Å². The third-order valence-electron chi connectivity index (χ3n) is 6.91. The van der Waals surface area contributed by atoms with Crippen LogP contribution in [-0.4, -0.2) is 80.0 Å². The largest absolute Gasteiger partial charge is 0.496 e. The average Bonchev–Trinajstić information content (AvgIpc) is 3.01. The van der Waals surface area contributed by atoms with Crippen LogP contribution in [0.15, 0.2) is 72.8 Å². The molecule has 0 heterocycles.